The molecule has 0 aliphatic heterocycles. The lowest BCUT2D eigenvalue weighted by molar-refractivity contribution is 0.656. The zero-order valence-corrected chi connectivity index (χ0v) is 32.3. The van der Waals surface area contributed by atoms with E-state index < -0.39 is 0 Å². The number of aromatic nitrogens is 4. The average molecular weight is 743 g/mol. The minimum Gasteiger partial charge on any atom is -0.309 e. The standard InChI is InChI=1S/C54H38N4/c1-54(2)46-27-11-9-24-42(46)45-26-15-29-48(50(45)54)58-47-28-12-10-25-43(47)44-31-30-41(34-49(44)58)53-56-51(36-18-7-4-8-19-36)55-52(57-53)40-23-14-22-39(33-40)38-21-13-20-37(32-38)35-16-5-3-6-17-35/h3-34H,1-2H3. The molecule has 10 aromatic rings. The minimum absolute atomic E-state index is 0.178. The number of fused-ring (bicyclic) bond motifs is 6. The van der Waals surface area contributed by atoms with Gasteiger partial charge in [0.1, 0.15) is 0 Å². The molecule has 0 fully saturated rings. The van der Waals surface area contributed by atoms with Gasteiger partial charge in [0.15, 0.2) is 17.5 Å². The van der Waals surface area contributed by atoms with Gasteiger partial charge in [-0.25, -0.2) is 15.0 Å². The predicted octanol–water partition coefficient (Wildman–Crippen LogP) is 13.6. The lowest BCUT2D eigenvalue weighted by Crippen LogP contribution is -2.18. The summed E-state index contributed by atoms with van der Waals surface area (Å²) in [5.74, 6) is 1.90. The topological polar surface area (TPSA) is 43.6 Å². The molecule has 0 saturated heterocycles. The molecule has 0 saturated carbocycles. The van der Waals surface area contributed by atoms with Gasteiger partial charge in [0, 0.05) is 32.9 Å². The normalized spacial score (nSPS) is 12.8. The van der Waals surface area contributed by atoms with E-state index in [2.05, 4.69) is 194 Å². The van der Waals surface area contributed by atoms with E-state index in [1.807, 2.05) is 18.2 Å². The summed E-state index contributed by atoms with van der Waals surface area (Å²) >= 11 is 0. The van der Waals surface area contributed by atoms with Crippen LogP contribution in [0.15, 0.2) is 194 Å². The van der Waals surface area contributed by atoms with E-state index in [1.165, 1.54) is 55.4 Å². The molecule has 2 aromatic heterocycles. The highest BCUT2D eigenvalue weighted by Gasteiger charge is 2.38. The summed E-state index contributed by atoms with van der Waals surface area (Å²) in [6.07, 6.45) is 0. The fourth-order valence-corrected chi connectivity index (χ4v) is 9.07. The molecule has 4 nitrogen and oxygen atoms in total. The fraction of sp³-hybridized carbons (Fsp3) is 0.0556. The summed E-state index contributed by atoms with van der Waals surface area (Å²) in [7, 11) is 0. The third kappa shape index (κ3) is 5.48. The third-order valence-corrected chi connectivity index (χ3v) is 11.8. The van der Waals surface area contributed by atoms with Crippen LogP contribution in [0.4, 0.5) is 0 Å². The third-order valence-electron chi connectivity index (χ3n) is 11.8. The summed E-state index contributed by atoms with van der Waals surface area (Å²) < 4.78 is 2.45. The van der Waals surface area contributed by atoms with Crippen LogP contribution in [0.2, 0.25) is 0 Å². The fourth-order valence-electron chi connectivity index (χ4n) is 9.07. The lowest BCUT2D eigenvalue weighted by Gasteiger charge is -2.25. The molecule has 8 aromatic carbocycles. The van der Waals surface area contributed by atoms with Gasteiger partial charge in [-0.15, -0.1) is 0 Å². The van der Waals surface area contributed by atoms with Crippen LogP contribution in [-0.2, 0) is 5.41 Å². The Morgan fingerprint density at radius 3 is 1.60 bits per heavy atom. The molecular formula is C54H38N4. The van der Waals surface area contributed by atoms with Crippen LogP contribution >= 0.6 is 0 Å². The van der Waals surface area contributed by atoms with Gasteiger partial charge in [-0.1, -0.05) is 178 Å². The summed E-state index contributed by atoms with van der Waals surface area (Å²) in [4.78, 5) is 15.5. The van der Waals surface area contributed by atoms with E-state index in [-0.39, 0.29) is 5.41 Å². The zero-order valence-electron chi connectivity index (χ0n) is 32.3. The van der Waals surface area contributed by atoms with Gasteiger partial charge in [0.05, 0.1) is 16.7 Å². The van der Waals surface area contributed by atoms with E-state index in [0.29, 0.717) is 17.5 Å². The molecule has 0 unspecified atom stereocenters. The first-order valence-electron chi connectivity index (χ1n) is 19.9. The van der Waals surface area contributed by atoms with Crippen LogP contribution in [0.25, 0.3) is 95.0 Å². The molecule has 58 heavy (non-hydrogen) atoms. The Morgan fingerprint density at radius 2 is 0.862 bits per heavy atom. The van der Waals surface area contributed by atoms with Crippen molar-refractivity contribution in [2.45, 2.75) is 19.3 Å². The van der Waals surface area contributed by atoms with Gasteiger partial charge in [-0.2, -0.15) is 0 Å². The number of rotatable bonds is 6. The van der Waals surface area contributed by atoms with E-state index >= 15 is 0 Å². The highest BCUT2D eigenvalue weighted by molar-refractivity contribution is 6.10. The smallest absolute Gasteiger partial charge is 0.164 e. The maximum absolute atomic E-state index is 5.24. The monoisotopic (exact) mass is 742 g/mol. The van der Waals surface area contributed by atoms with Crippen LogP contribution < -0.4 is 0 Å². The van der Waals surface area contributed by atoms with Crippen molar-refractivity contribution in [3.8, 4) is 73.2 Å². The van der Waals surface area contributed by atoms with Crippen molar-refractivity contribution in [2.24, 2.45) is 0 Å². The number of para-hydroxylation sites is 1. The second-order valence-corrected chi connectivity index (χ2v) is 15.7. The Morgan fingerprint density at radius 1 is 0.362 bits per heavy atom. The molecule has 4 heteroatoms. The van der Waals surface area contributed by atoms with Crippen LogP contribution in [-0.4, -0.2) is 19.5 Å². The molecular weight excluding hydrogens is 705 g/mol. The van der Waals surface area contributed by atoms with Crippen LogP contribution in [0.3, 0.4) is 0 Å². The maximum atomic E-state index is 5.24. The van der Waals surface area contributed by atoms with Gasteiger partial charge in [0.2, 0.25) is 0 Å². The van der Waals surface area contributed by atoms with Gasteiger partial charge >= 0.3 is 0 Å². The number of hydrogen-bond acceptors (Lipinski definition) is 3. The number of nitrogens with zero attached hydrogens (tertiary/aromatic N) is 4. The molecule has 0 bridgehead atoms. The van der Waals surface area contributed by atoms with Crippen LogP contribution in [0, 0.1) is 0 Å². The van der Waals surface area contributed by atoms with Crippen molar-refractivity contribution in [3.63, 3.8) is 0 Å². The van der Waals surface area contributed by atoms with E-state index in [4.69, 9.17) is 15.0 Å². The van der Waals surface area contributed by atoms with Crippen molar-refractivity contribution >= 4 is 21.8 Å². The molecule has 11 rings (SSSR count). The summed E-state index contributed by atoms with van der Waals surface area (Å²) in [6, 6.07) is 68.9. The van der Waals surface area contributed by atoms with Gasteiger partial charge in [-0.05, 0) is 74.8 Å². The summed E-state index contributed by atoms with van der Waals surface area (Å²) in [6.45, 7) is 4.71. The lowest BCUT2D eigenvalue weighted by atomic mass is 9.81. The maximum Gasteiger partial charge on any atom is 0.164 e. The van der Waals surface area contributed by atoms with Crippen molar-refractivity contribution in [1.82, 2.24) is 19.5 Å². The molecule has 1 aliphatic carbocycles. The molecule has 0 radical (unpaired) electrons. The van der Waals surface area contributed by atoms with Crippen LogP contribution in [0.1, 0.15) is 25.0 Å². The average Bonchev–Trinajstić information content (AvgIpc) is 3.75. The molecule has 2 heterocycles. The van der Waals surface area contributed by atoms with Crippen molar-refractivity contribution < 1.29 is 0 Å². The number of benzene rings is 8. The SMILES string of the molecule is CC1(C)c2ccccc2-c2cccc(-n3c4ccccc4c4ccc(-c5nc(-c6ccccc6)nc(-c6cccc(-c7cccc(-c8ccccc8)c7)c6)n5)cc43)c21. The zero-order chi connectivity index (χ0) is 38.8. The van der Waals surface area contributed by atoms with E-state index in [9.17, 15) is 0 Å². The van der Waals surface area contributed by atoms with Gasteiger partial charge in [0.25, 0.3) is 0 Å². The first-order valence-corrected chi connectivity index (χ1v) is 19.9. The number of hydrogen-bond donors (Lipinski definition) is 0. The molecule has 0 N–H and O–H groups in total. The Balaban J connectivity index is 1.09. The highest BCUT2D eigenvalue weighted by Crippen LogP contribution is 2.51. The summed E-state index contributed by atoms with van der Waals surface area (Å²) in [5, 5.41) is 2.40. The molecule has 0 amide bonds. The minimum atomic E-state index is -0.178. The van der Waals surface area contributed by atoms with Gasteiger partial charge < -0.3 is 4.57 Å². The molecule has 0 atom stereocenters. The largest absolute Gasteiger partial charge is 0.309 e. The Labute approximate surface area is 337 Å². The second kappa shape index (κ2) is 13.4. The second-order valence-electron chi connectivity index (χ2n) is 15.7. The van der Waals surface area contributed by atoms with E-state index in [0.717, 1.165) is 33.3 Å². The predicted molar refractivity (Wildman–Crippen MR) is 239 cm³/mol. The first kappa shape index (κ1) is 33.9. The molecule has 0 spiro atoms. The Kier molecular flexibility index (Phi) is 7.80. The molecule has 1 aliphatic rings. The Hall–Kier alpha value is -7.43. The van der Waals surface area contributed by atoms with Crippen molar-refractivity contribution in [2.75, 3.05) is 0 Å². The van der Waals surface area contributed by atoms with Crippen molar-refractivity contribution in [3.05, 3.63) is 205 Å². The summed E-state index contributed by atoms with van der Waals surface area (Å²) in [5.41, 5.74) is 16.0. The first-order chi connectivity index (χ1) is 28.5. The van der Waals surface area contributed by atoms with Crippen LogP contribution in [0.5, 0.6) is 0 Å². The van der Waals surface area contributed by atoms with E-state index in [1.54, 1.807) is 0 Å². The Bertz CT molecular complexity index is 3200. The van der Waals surface area contributed by atoms with Crippen molar-refractivity contribution in [1.29, 1.82) is 0 Å². The quantitative estimate of drug-likeness (QED) is 0.170. The van der Waals surface area contributed by atoms with Gasteiger partial charge in [-0.3, -0.25) is 0 Å². The highest BCUT2D eigenvalue weighted by atomic mass is 15.0. The molecule has 274 valence electrons.